The third-order valence-electron chi connectivity index (χ3n) is 1.80. The fourth-order valence-corrected chi connectivity index (χ4v) is 1.70. The van der Waals surface area contributed by atoms with Gasteiger partial charge in [0.1, 0.15) is 12.2 Å². The molecular weight excluding hydrogens is 284 g/mol. The Hall–Kier alpha value is -0.870. The molecule has 0 aliphatic rings. The number of hydrogen-bond donors (Lipinski definition) is 0. The molecule has 1 rings (SSSR count). The fourth-order valence-electron chi connectivity index (χ4n) is 1.25. The van der Waals surface area contributed by atoms with Crippen molar-refractivity contribution in [2.24, 2.45) is 0 Å². The van der Waals surface area contributed by atoms with Crippen LogP contribution in [0.5, 0.6) is 0 Å². The molecule has 0 atom stereocenters. The van der Waals surface area contributed by atoms with Crippen LogP contribution in [0.3, 0.4) is 0 Å². The van der Waals surface area contributed by atoms with Crippen LogP contribution in [0.2, 0.25) is 0 Å². The third-order valence-corrected chi connectivity index (χ3v) is 2.29. The molecule has 1 aromatic rings. The maximum atomic E-state index is 11.4. The lowest BCUT2D eigenvalue weighted by atomic mass is 10.2. The zero-order valence-electron chi connectivity index (χ0n) is 10.3. The number of carbonyl (C=O) groups excluding carboxylic acids is 1. The van der Waals surface area contributed by atoms with E-state index in [0.717, 1.165) is 10.0 Å². The van der Waals surface area contributed by atoms with Crippen LogP contribution in [-0.4, -0.2) is 18.2 Å². The van der Waals surface area contributed by atoms with Crippen molar-refractivity contribution in [1.82, 2.24) is 0 Å². The van der Waals surface area contributed by atoms with Crippen molar-refractivity contribution in [3.05, 3.63) is 34.3 Å². The molecule has 0 saturated heterocycles. The average Bonchev–Trinajstić information content (AvgIpc) is 2.14. The summed E-state index contributed by atoms with van der Waals surface area (Å²) in [4.78, 5) is 11.4. The van der Waals surface area contributed by atoms with Gasteiger partial charge in [-0.2, -0.15) is 0 Å². The molecule has 0 amide bonds. The highest BCUT2D eigenvalue weighted by Gasteiger charge is 2.15. The normalized spacial score (nSPS) is 11.3. The standard InChI is InChI=1S/C13H17BrO3/c1-13(2,3)17-12(15)9-16-8-10-5-4-6-11(14)7-10/h4-7H,8-9H2,1-3H3. The number of ether oxygens (including phenoxy) is 2. The Labute approximate surface area is 110 Å². The first-order valence-corrected chi connectivity index (χ1v) is 6.20. The summed E-state index contributed by atoms with van der Waals surface area (Å²) in [6.45, 7) is 5.88. The van der Waals surface area contributed by atoms with E-state index in [4.69, 9.17) is 9.47 Å². The second-order valence-corrected chi connectivity index (χ2v) is 5.62. The van der Waals surface area contributed by atoms with Gasteiger partial charge in [0.15, 0.2) is 0 Å². The predicted molar refractivity (Wildman–Crippen MR) is 69.6 cm³/mol. The van der Waals surface area contributed by atoms with Crippen molar-refractivity contribution in [2.75, 3.05) is 6.61 Å². The summed E-state index contributed by atoms with van der Waals surface area (Å²) in [5, 5.41) is 0. The Bertz CT molecular complexity index is 382. The number of hydrogen-bond acceptors (Lipinski definition) is 3. The van der Waals surface area contributed by atoms with Gasteiger partial charge in [-0.15, -0.1) is 0 Å². The Morgan fingerprint density at radius 3 is 2.65 bits per heavy atom. The molecule has 0 spiro atoms. The van der Waals surface area contributed by atoms with Crippen molar-refractivity contribution in [2.45, 2.75) is 33.0 Å². The molecule has 3 nitrogen and oxygen atoms in total. The Morgan fingerprint density at radius 1 is 1.35 bits per heavy atom. The molecule has 0 bridgehead atoms. The molecule has 0 radical (unpaired) electrons. The first kappa shape index (κ1) is 14.2. The molecule has 0 N–H and O–H groups in total. The first-order valence-electron chi connectivity index (χ1n) is 5.41. The van der Waals surface area contributed by atoms with Gasteiger partial charge in [0.25, 0.3) is 0 Å². The van der Waals surface area contributed by atoms with E-state index in [1.54, 1.807) is 0 Å². The van der Waals surface area contributed by atoms with Gasteiger partial charge in [0.05, 0.1) is 6.61 Å². The highest BCUT2D eigenvalue weighted by Crippen LogP contribution is 2.12. The summed E-state index contributed by atoms with van der Waals surface area (Å²) < 4.78 is 11.4. The quantitative estimate of drug-likeness (QED) is 0.800. The van der Waals surface area contributed by atoms with Gasteiger partial charge in [-0.1, -0.05) is 28.1 Å². The molecule has 0 saturated carbocycles. The van der Waals surface area contributed by atoms with E-state index >= 15 is 0 Å². The van der Waals surface area contributed by atoms with Crippen LogP contribution in [-0.2, 0) is 20.9 Å². The zero-order chi connectivity index (χ0) is 12.9. The number of benzene rings is 1. The second-order valence-electron chi connectivity index (χ2n) is 4.71. The molecule has 0 fully saturated rings. The summed E-state index contributed by atoms with van der Waals surface area (Å²) in [6, 6.07) is 7.77. The van der Waals surface area contributed by atoms with Crippen LogP contribution in [0.25, 0.3) is 0 Å². The summed E-state index contributed by atoms with van der Waals surface area (Å²) in [5.74, 6) is -0.340. The van der Waals surface area contributed by atoms with Crippen LogP contribution in [0.4, 0.5) is 0 Å². The number of halogens is 1. The molecule has 0 aromatic heterocycles. The van der Waals surface area contributed by atoms with Crippen molar-refractivity contribution >= 4 is 21.9 Å². The fraction of sp³-hybridized carbons (Fsp3) is 0.462. The minimum Gasteiger partial charge on any atom is -0.458 e. The molecule has 17 heavy (non-hydrogen) atoms. The summed E-state index contributed by atoms with van der Waals surface area (Å²) in [6.07, 6.45) is 0. The first-order chi connectivity index (χ1) is 7.87. The van der Waals surface area contributed by atoms with Crippen LogP contribution in [0, 0.1) is 0 Å². The Morgan fingerprint density at radius 2 is 2.06 bits per heavy atom. The van der Waals surface area contributed by atoms with Crippen molar-refractivity contribution in [3.8, 4) is 0 Å². The molecule has 1 aromatic carbocycles. The summed E-state index contributed by atoms with van der Waals surface area (Å²) in [5.41, 5.74) is 0.555. The van der Waals surface area contributed by atoms with Crippen molar-refractivity contribution in [3.63, 3.8) is 0 Å². The van der Waals surface area contributed by atoms with E-state index in [2.05, 4.69) is 15.9 Å². The monoisotopic (exact) mass is 300 g/mol. The minimum atomic E-state index is -0.462. The lowest BCUT2D eigenvalue weighted by molar-refractivity contribution is -0.160. The number of carbonyl (C=O) groups is 1. The van der Waals surface area contributed by atoms with Crippen molar-refractivity contribution in [1.29, 1.82) is 0 Å². The zero-order valence-corrected chi connectivity index (χ0v) is 11.9. The van der Waals surface area contributed by atoms with Crippen molar-refractivity contribution < 1.29 is 14.3 Å². The molecule has 0 unspecified atom stereocenters. The molecule has 4 heteroatoms. The van der Waals surface area contributed by atoms with Crippen LogP contribution >= 0.6 is 15.9 Å². The largest absolute Gasteiger partial charge is 0.458 e. The molecule has 0 aliphatic heterocycles. The topological polar surface area (TPSA) is 35.5 Å². The second kappa shape index (κ2) is 6.17. The molecule has 0 aliphatic carbocycles. The third kappa shape index (κ3) is 6.44. The lowest BCUT2D eigenvalue weighted by Crippen LogP contribution is -2.26. The van der Waals surface area contributed by atoms with Crippen LogP contribution < -0.4 is 0 Å². The highest BCUT2D eigenvalue weighted by atomic mass is 79.9. The van der Waals surface area contributed by atoms with Gasteiger partial charge in [0.2, 0.25) is 0 Å². The van der Waals surface area contributed by atoms with Gasteiger partial charge >= 0.3 is 5.97 Å². The van der Waals surface area contributed by atoms with Gasteiger partial charge in [-0.05, 0) is 38.5 Å². The lowest BCUT2D eigenvalue weighted by Gasteiger charge is -2.19. The Kier molecular flexibility index (Phi) is 5.15. The molecule has 0 heterocycles. The predicted octanol–water partition coefficient (Wildman–Crippen LogP) is 3.31. The summed E-state index contributed by atoms with van der Waals surface area (Å²) >= 11 is 3.38. The van der Waals surface area contributed by atoms with E-state index < -0.39 is 5.60 Å². The van der Waals surface area contributed by atoms with E-state index in [1.165, 1.54) is 0 Å². The maximum Gasteiger partial charge on any atom is 0.332 e. The molecular formula is C13H17BrO3. The van der Waals surface area contributed by atoms with Gasteiger partial charge < -0.3 is 9.47 Å². The SMILES string of the molecule is CC(C)(C)OC(=O)COCc1cccc(Br)c1. The minimum absolute atomic E-state index is 0.0240. The van der Waals surface area contributed by atoms with E-state index in [9.17, 15) is 4.79 Å². The highest BCUT2D eigenvalue weighted by molar-refractivity contribution is 9.10. The van der Waals surface area contributed by atoms with Crippen LogP contribution in [0.15, 0.2) is 28.7 Å². The Balaban J connectivity index is 2.31. The van der Waals surface area contributed by atoms with E-state index in [-0.39, 0.29) is 12.6 Å². The van der Waals surface area contributed by atoms with Gasteiger partial charge in [-0.3, -0.25) is 0 Å². The van der Waals surface area contributed by atoms with Gasteiger partial charge in [0, 0.05) is 4.47 Å². The number of esters is 1. The maximum absolute atomic E-state index is 11.4. The number of rotatable bonds is 4. The summed E-state index contributed by atoms with van der Waals surface area (Å²) in [7, 11) is 0. The van der Waals surface area contributed by atoms with E-state index in [1.807, 2.05) is 45.0 Å². The van der Waals surface area contributed by atoms with Crippen LogP contribution in [0.1, 0.15) is 26.3 Å². The van der Waals surface area contributed by atoms with Gasteiger partial charge in [-0.25, -0.2) is 4.79 Å². The smallest absolute Gasteiger partial charge is 0.332 e. The molecule has 94 valence electrons. The average molecular weight is 301 g/mol. The van der Waals surface area contributed by atoms with E-state index in [0.29, 0.717) is 6.61 Å².